The Morgan fingerprint density at radius 2 is 1.76 bits per heavy atom. The van der Waals surface area contributed by atoms with Gasteiger partial charge in [-0.05, 0) is 30.3 Å². The molecule has 2 rings (SSSR count). The van der Waals surface area contributed by atoms with Crippen LogP contribution in [0.2, 0.25) is 0 Å². The molecule has 84 valence electrons. The van der Waals surface area contributed by atoms with Crippen LogP contribution >= 0.6 is 0 Å². The van der Waals surface area contributed by atoms with Crippen molar-refractivity contribution in [2.75, 3.05) is 0 Å². The molecule has 0 atom stereocenters. The molecule has 0 aliphatic rings. The van der Waals surface area contributed by atoms with Gasteiger partial charge in [0, 0.05) is 5.56 Å². The number of hydrogen-bond donors (Lipinski definition) is 1. The van der Waals surface area contributed by atoms with Crippen molar-refractivity contribution in [2.45, 2.75) is 6.61 Å². The molecule has 3 heteroatoms. The summed E-state index contributed by atoms with van der Waals surface area (Å²) in [6.45, 7) is -0.0630. The summed E-state index contributed by atoms with van der Waals surface area (Å²) in [6, 6.07) is 16.2. The van der Waals surface area contributed by atoms with Gasteiger partial charge in [0.15, 0.2) is 0 Å². The van der Waals surface area contributed by atoms with Gasteiger partial charge in [-0.25, -0.2) is 0 Å². The molecule has 0 aliphatic heterocycles. The van der Waals surface area contributed by atoms with E-state index in [9.17, 15) is 0 Å². The molecule has 0 saturated heterocycles. The van der Waals surface area contributed by atoms with E-state index in [1.54, 1.807) is 36.4 Å². The first-order valence-electron chi connectivity index (χ1n) is 5.20. The van der Waals surface area contributed by atoms with Crippen molar-refractivity contribution < 1.29 is 9.84 Å². The molecule has 0 bridgehead atoms. The predicted octanol–water partition coefficient (Wildman–Crippen LogP) is 2.84. The van der Waals surface area contributed by atoms with Crippen LogP contribution in [0.15, 0.2) is 48.5 Å². The summed E-state index contributed by atoms with van der Waals surface area (Å²) in [4.78, 5) is 0. The van der Waals surface area contributed by atoms with Gasteiger partial charge >= 0.3 is 0 Å². The van der Waals surface area contributed by atoms with Crippen LogP contribution in [0.1, 0.15) is 11.1 Å². The van der Waals surface area contributed by atoms with Crippen LogP contribution in [-0.4, -0.2) is 5.11 Å². The molecule has 0 spiro atoms. The number of rotatable bonds is 3. The molecule has 3 nitrogen and oxygen atoms in total. The molecule has 0 heterocycles. The van der Waals surface area contributed by atoms with Crippen molar-refractivity contribution in [2.24, 2.45) is 0 Å². The van der Waals surface area contributed by atoms with Crippen LogP contribution in [0.5, 0.6) is 11.5 Å². The van der Waals surface area contributed by atoms with Crippen molar-refractivity contribution in [3.63, 3.8) is 0 Å². The molecule has 2 aromatic rings. The minimum Gasteiger partial charge on any atom is -0.457 e. The van der Waals surface area contributed by atoms with E-state index in [4.69, 9.17) is 15.1 Å². The second-order valence-electron chi connectivity index (χ2n) is 3.50. The van der Waals surface area contributed by atoms with Crippen LogP contribution < -0.4 is 4.74 Å². The third-order valence-corrected chi connectivity index (χ3v) is 2.35. The molecule has 0 aliphatic carbocycles. The third kappa shape index (κ3) is 2.63. The maximum Gasteiger partial charge on any atom is 0.132 e. The van der Waals surface area contributed by atoms with Gasteiger partial charge in [0.1, 0.15) is 11.5 Å². The summed E-state index contributed by atoms with van der Waals surface area (Å²) in [5.41, 5.74) is 1.32. The Hall–Kier alpha value is -2.31. The maximum atomic E-state index is 9.16. The van der Waals surface area contributed by atoms with E-state index in [2.05, 4.69) is 0 Å². The standard InChI is InChI=1S/C14H11NO2/c15-9-11-5-7-13(8-6-11)17-14-4-2-1-3-12(14)10-16/h1-8,16H,10H2. The Morgan fingerprint density at radius 1 is 1.06 bits per heavy atom. The highest BCUT2D eigenvalue weighted by molar-refractivity contribution is 5.40. The summed E-state index contributed by atoms with van der Waals surface area (Å²) >= 11 is 0. The second kappa shape index (κ2) is 5.15. The zero-order valence-electron chi connectivity index (χ0n) is 9.13. The number of ether oxygens (including phenoxy) is 1. The number of nitriles is 1. The van der Waals surface area contributed by atoms with E-state index in [1.807, 2.05) is 18.2 Å². The Morgan fingerprint density at radius 3 is 2.41 bits per heavy atom. The maximum absolute atomic E-state index is 9.16. The van der Waals surface area contributed by atoms with Gasteiger partial charge in [0.25, 0.3) is 0 Å². The topological polar surface area (TPSA) is 53.2 Å². The highest BCUT2D eigenvalue weighted by atomic mass is 16.5. The molecule has 2 aromatic carbocycles. The van der Waals surface area contributed by atoms with Crippen molar-refractivity contribution in [1.82, 2.24) is 0 Å². The highest BCUT2D eigenvalue weighted by Crippen LogP contribution is 2.25. The van der Waals surface area contributed by atoms with Gasteiger partial charge in [-0.3, -0.25) is 0 Å². The van der Waals surface area contributed by atoms with Crippen molar-refractivity contribution in [1.29, 1.82) is 5.26 Å². The molecule has 17 heavy (non-hydrogen) atoms. The van der Waals surface area contributed by atoms with Gasteiger partial charge < -0.3 is 9.84 Å². The van der Waals surface area contributed by atoms with Crippen LogP contribution in [0.3, 0.4) is 0 Å². The molecule has 0 fully saturated rings. The monoisotopic (exact) mass is 225 g/mol. The Kier molecular flexibility index (Phi) is 3.39. The first kappa shape index (κ1) is 11.2. The fourth-order valence-corrected chi connectivity index (χ4v) is 1.46. The molecular weight excluding hydrogens is 214 g/mol. The zero-order chi connectivity index (χ0) is 12.1. The van der Waals surface area contributed by atoms with Crippen LogP contribution in [0.25, 0.3) is 0 Å². The average Bonchev–Trinajstić information content (AvgIpc) is 2.40. The average molecular weight is 225 g/mol. The lowest BCUT2D eigenvalue weighted by molar-refractivity contribution is 0.276. The lowest BCUT2D eigenvalue weighted by Crippen LogP contribution is -1.91. The fraction of sp³-hybridized carbons (Fsp3) is 0.0714. The van der Waals surface area contributed by atoms with E-state index in [1.165, 1.54) is 0 Å². The van der Waals surface area contributed by atoms with E-state index >= 15 is 0 Å². The number of para-hydroxylation sites is 1. The summed E-state index contributed by atoms with van der Waals surface area (Å²) < 4.78 is 5.63. The molecule has 0 radical (unpaired) electrons. The van der Waals surface area contributed by atoms with E-state index in [-0.39, 0.29) is 6.61 Å². The van der Waals surface area contributed by atoms with Gasteiger partial charge in [0.05, 0.1) is 18.2 Å². The molecule has 0 amide bonds. The van der Waals surface area contributed by atoms with E-state index in [0.717, 1.165) is 5.56 Å². The third-order valence-electron chi connectivity index (χ3n) is 2.35. The summed E-state index contributed by atoms with van der Waals surface area (Å²) in [5.74, 6) is 1.27. The normalized spacial score (nSPS) is 9.65. The largest absolute Gasteiger partial charge is 0.457 e. The number of hydrogen-bond acceptors (Lipinski definition) is 3. The van der Waals surface area contributed by atoms with Crippen molar-refractivity contribution in [3.8, 4) is 17.6 Å². The highest BCUT2D eigenvalue weighted by Gasteiger charge is 2.02. The number of aliphatic hydroxyl groups excluding tert-OH is 1. The first-order chi connectivity index (χ1) is 8.33. The predicted molar refractivity (Wildman–Crippen MR) is 63.6 cm³/mol. The number of benzene rings is 2. The lowest BCUT2D eigenvalue weighted by atomic mass is 10.2. The van der Waals surface area contributed by atoms with Crippen LogP contribution in [0.4, 0.5) is 0 Å². The van der Waals surface area contributed by atoms with Crippen molar-refractivity contribution in [3.05, 3.63) is 59.7 Å². The van der Waals surface area contributed by atoms with Gasteiger partial charge in [0.2, 0.25) is 0 Å². The summed E-state index contributed by atoms with van der Waals surface area (Å²) in [7, 11) is 0. The molecule has 0 aromatic heterocycles. The molecule has 0 saturated carbocycles. The van der Waals surface area contributed by atoms with Gasteiger partial charge in [-0.15, -0.1) is 0 Å². The van der Waals surface area contributed by atoms with Crippen LogP contribution in [-0.2, 0) is 6.61 Å². The van der Waals surface area contributed by atoms with Gasteiger partial charge in [-0.1, -0.05) is 18.2 Å². The van der Waals surface area contributed by atoms with Gasteiger partial charge in [-0.2, -0.15) is 5.26 Å². The molecule has 0 unspecified atom stereocenters. The fourth-order valence-electron chi connectivity index (χ4n) is 1.46. The van der Waals surface area contributed by atoms with E-state index < -0.39 is 0 Å². The first-order valence-corrected chi connectivity index (χ1v) is 5.20. The smallest absolute Gasteiger partial charge is 0.132 e. The quantitative estimate of drug-likeness (QED) is 0.873. The molecular formula is C14H11NO2. The van der Waals surface area contributed by atoms with Crippen LogP contribution in [0, 0.1) is 11.3 Å². The van der Waals surface area contributed by atoms with Crippen molar-refractivity contribution >= 4 is 0 Å². The Bertz CT molecular complexity index is 541. The number of nitrogens with zero attached hydrogens (tertiary/aromatic N) is 1. The summed E-state index contributed by atoms with van der Waals surface area (Å²) in [6.07, 6.45) is 0. The Balaban J connectivity index is 2.22. The summed E-state index contributed by atoms with van der Waals surface area (Å²) in [5, 5.41) is 17.8. The number of aliphatic hydroxyl groups is 1. The Labute approximate surface area is 99.5 Å². The molecule has 1 N–H and O–H groups in total. The SMILES string of the molecule is N#Cc1ccc(Oc2ccccc2CO)cc1. The van der Waals surface area contributed by atoms with E-state index in [0.29, 0.717) is 17.1 Å². The minimum atomic E-state index is -0.0630. The lowest BCUT2D eigenvalue weighted by Gasteiger charge is -2.09. The second-order valence-corrected chi connectivity index (χ2v) is 3.50. The zero-order valence-corrected chi connectivity index (χ0v) is 9.13. The minimum absolute atomic E-state index is 0.0630.